The summed E-state index contributed by atoms with van der Waals surface area (Å²) in [5, 5.41) is 9.07. The Morgan fingerprint density at radius 1 is 1.44 bits per heavy atom. The molecule has 0 aromatic rings. The number of nitrogens with one attached hydrogen (secondary N) is 2. The van der Waals surface area contributed by atoms with Crippen molar-refractivity contribution in [2.45, 2.75) is 32.2 Å². The average molecular weight is 280 g/mol. The summed E-state index contributed by atoms with van der Waals surface area (Å²) >= 11 is 0. The maximum Gasteiger partial charge on any atom is 0.421 e. The number of rotatable bonds is 6. The van der Waals surface area contributed by atoms with Crippen LogP contribution in [0.25, 0.3) is 0 Å². The van der Waals surface area contributed by atoms with Gasteiger partial charge in [-0.3, -0.25) is 4.79 Å². The van der Waals surface area contributed by atoms with Crippen molar-refractivity contribution < 1.29 is 27.9 Å². The van der Waals surface area contributed by atoms with Gasteiger partial charge in [-0.25, -0.2) is 9.52 Å². The molecule has 1 unspecified atom stereocenters. The molecule has 0 spiro atoms. The largest absolute Gasteiger partial charge is 0.480 e. The molecule has 18 heavy (non-hydrogen) atoms. The van der Waals surface area contributed by atoms with Gasteiger partial charge in [0.25, 0.3) is 0 Å². The highest BCUT2D eigenvalue weighted by Gasteiger charge is 2.50. The molecule has 0 heterocycles. The van der Waals surface area contributed by atoms with Crippen LogP contribution in [0.5, 0.6) is 0 Å². The van der Waals surface area contributed by atoms with E-state index in [-0.39, 0.29) is 12.5 Å². The summed E-state index contributed by atoms with van der Waals surface area (Å²) in [6.07, 6.45) is 0.115. The zero-order chi connectivity index (χ0) is 14.0. The van der Waals surface area contributed by atoms with E-state index >= 15 is 0 Å². The Morgan fingerprint density at radius 2 is 2.00 bits per heavy atom. The highest BCUT2D eigenvalue weighted by Crippen LogP contribution is 2.40. The van der Waals surface area contributed by atoms with E-state index in [1.165, 1.54) is 13.8 Å². The minimum Gasteiger partial charge on any atom is -0.480 e. The monoisotopic (exact) mass is 280 g/mol. The second-order valence-corrected chi connectivity index (χ2v) is 5.62. The molecule has 1 saturated carbocycles. The van der Waals surface area contributed by atoms with E-state index in [1.807, 2.05) is 4.72 Å². The third kappa shape index (κ3) is 3.57. The van der Waals surface area contributed by atoms with Gasteiger partial charge in [-0.15, -0.1) is 0 Å². The molecular formula is C9H16N2O6S. The normalized spacial score (nSPS) is 18.8. The molecular weight excluding hydrogens is 264 g/mol. The van der Waals surface area contributed by atoms with Crippen molar-refractivity contribution in [3.63, 3.8) is 0 Å². The first-order chi connectivity index (χ1) is 8.21. The van der Waals surface area contributed by atoms with Crippen molar-refractivity contribution in [1.29, 1.82) is 0 Å². The molecule has 9 heteroatoms. The molecule has 1 fully saturated rings. The predicted octanol–water partition coefficient (Wildman–Crippen LogP) is -0.180. The number of carbonyl (C=O) groups excluding carboxylic acids is 1. The molecule has 1 aliphatic carbocycles. The van der Waals surface area contributed by atoms with Gasteiger partial charge in [0.2, 0.25) is 0 Å². The van der Waals surface area contributed by atoms with Gasteiger partial charge in [0.15, 0.2) is 0 Å². The van der Waals surface area contributed by atoms with Gasteiger partial charge in [0, 0.05) is 0 Å². The predicted molar refractivity (Wildman–Crippen MR) is 61.0 cm³/mol. The number of carboxylic acid groups (broad SMARTS) is 1. The van der Waals surface area contributed by atoms with Crippen molar-refractivity contribution >= 4 is 22.3 Å². The Morgan fingerprint density at radius 3 is 2.39 bits per heavy atom. The molecule has 1 atom stereocenters. The van der Waals surface area contributed by atoms with Crippen LogP contribution < -0.4 is 9.44 Å². The molecule has 8 nitrogen and oxygen atoms in total. The molecule has 1 rings (SSSR count). The van der Waals surface area contributed by atoms with E-state index < -0.39 is 27.8 Å². The summed E-state index contributed by atoms with van der Waals surface area (Å²) in [5.74, 6) is -1.55. The molecule has 1 amide bonds. The number of aliphatic carboxylic acids is 1. The fourth-order valence-corrected chi connectivity index (χ4v) is 2.68. The third-order valence-electron chi connectivity index (χ3n) is 2.68. The summed E-state index contributed by atoms with van der Waals surface area (Å²) in [5.41, 5.74) is -1.61. The lowest BCUT2D eigenvalue weighted by Gasteiger charge is -2.25. The molecule has 104 valence electrons. The lowest BCUT2D eigenvalue weighted by Crippen LogP contribution is -2.57. The van der Waals surface area contributed by atoms with Crippen molar-refractivity contribution in [2.75, 3.05) is 6.61 Å². The smallest absolute Gasteiger partial charge is 0.421 e. The molecule has 0 bridgehead atoms. The molecule has 3 N–H and O–H groups in total. The molecule has 0 aliphatic heterocycles. The maximum absolute atomic E-state index is 11.6. The van der Waals surface area contributed by atoms with Gasteiger partial charge in [-0.2, -0.15) is 13.1 Å². The van der Waals surface area contributed by atoms with Crippen LogP contribution in [-0.4, -0.2) is 37.7 Å². The standard InChI is InChI=1S/C9H16N2O6S/c1-3-17-8(14)10-18(15,16)11-9(2,7(12)13)6-4-5-6/h6,11H,3-5H2,1-2H3,(H,10,14)(H,12,13). The number of hydrogen-bond acceptors (Lipinski definition) is 5. The summed E-state index contributed by atoms with van der Waals surface area (Å²) < 4.78 is 31.1. The Labute approximate surface area is 105 Å². The van der Waals surface area contributed by atoms with Gasteiger partial charge < -0.3 is 9.84 Å². The van der Waals surface area contributed by atoms with Crippen molar-refractivity contribution in [3.8, 4) is 0 Å². The Balaban J connectivity index is 2.74. The fraction of sp³-hybridized carbons (Fsp3) is 0.778. The number of carbonyl (C=O) groups is 2. The zero-order valence-corrected chi connectivity index (χ0v) is 10.9. The lowest BCUT2D eigenvalue weighted by atomic mass is 9.98. The first-order valence-electron chi connectivity index (χ1n) is 5.43. The van der Waals surface area contributed by atoms with Crippen molar-refractivity contribution in [2.24, 2.45) is 5.92 Å². The molecule has 0 radical (unpaired) electrons. The van der Waals surface area contributed by atoms with Crippen LogP contribution in [0.4, 0.5) is 4.79 Å². The SMILES string of the molecule is CCOC(=O)NS(=O)(=O)NC(C)(C(=O)O)C1CC1. The van der Waals surface area contributed by atoms with E-state index in [9.17, 15) is 18.0 Å². The average Bonchev–Trinajstić information content (AvgIpc) is 2.98. The van der Waals surface area contributed by atoms with E-state index in [2.05, 4.69) is 4.74 Å². The second kappa shape index (κ2) is 5.11. The highest BCUT2D eigenvalue weighted by molar-refractivity contribution is 7.88. The van der Waals surface area contributed by atoms with E-state index in [0.29, 0.717) is 12.8 Å². The number of hydrogen-bond donors (Lipinski definition) is 3. The number of amides is 1. The second-order valence-electron chi connectivity index (χ2n) is 4.21. The Bertz CT molecular complexity index is 444. The zero-order valence-electron chi connectivity index (χ0n) is 10.1. The van der Waals surface area contributed by atoms with Crippen LogP contribution >= 0.6 is 0 Å². The number of ether oxygens (including phenoxy) is 1. The maximum atomic E-state index is 11.6. The van der Waals surface area contributed by atoms with Crippen LogP contribution in [0.2, 0.25) is 0 Å². The van der Waals surface area contributed by atoms with Crippen LogP contribution in [0, 0.1) is 5.92 Å². The highest BCUT2D eigenvalue weighted by atomic mass is 32.2. The molecule has 0 aromatic carbocycles. The van der Waals surface area contributed by atoms with Crippen LogP contribution in [0.1, 0.15) is 26.7 Å². The van der Waals surface area contributed by atoms with Crippen LogP contribution in [0.3, 0.4) is 0 Å². The van der Waals surface area contributed by atoms with Gasteiger partial charge in [0.1, 0.15) is 5.54 Å². The summed E-state index contributed by atoms with van der Waals surface area (Å²) in [6.45, 7) is 2.81. The first kappa shape index (κ1) is 14.7. The minimum absolute atomic E-state index is 0.0141. The number of carboxylic acids is 1. The summed E-state index contributed by atoms with van der Waals surface area (Å²) in [6, 6.07) is 0. The van der Waals surface area contributed by atoms with E-state index in [1.54, 1.807) is 4.72 Å². The van der Waals surface area contributed by atoms with Crippen molar-refractivity contribution in [1.82, 2.24) is 9.44 Å². The third-order valence-corrected chi connectivity index (χ3v) is 3.81. The molecule has 0 aromatic heterocycles. The minimum atomic E-state index is -4.27. The van der Waals surface area contributed by atoms with Crippen LogP contribution in [-0.2, 0) is 19.7 Å². The lowest BCUT2D eigenvalue weighted by molar-refractivity contribution is -0.144. The van der Waals surface area contributed by atoms with Gasteiger partial charge in [-0.1, -0.05) is 0 Å². The van der Waals surface area contributed by atoms with Gasteiger partial charge >= 0.3 is 22.3 Å². The van der Waals surface area contributed by atoms with Gasteiger partial charge in [-0.05, 0) is 32.6 Å². The van der Waals surface area contributed by atoms with Gasteiger partial charge in [0.05, 0.1) is 6.61 Å². The van der Waals surface area contributed by atoms with Crippen molar-refractivity contribution in [3.05, 3.63) is 0 Å². The summed E-state index contributed by atoms with van der Waals surface area (Å²) in [7, 11) is -4.27. The Hall–Kier alpha value is -1.35. The van der Waals surface area contributed by atoms with Crippen LogP contribution in [0.15, 0.2) is 0 Å². The first-order valence-corrected chi connectivity index (χ1v) is 6.91. The van der Waals surface area contributed by atoms with E-state index in [0.717, 1.165) is 0 Å². The quantitative estimate of drug-likeness (QED) is 0.620. The molecule has 1 aliphatic rings. The molecule has 0 saturated heterocycles. The van der Waals surface area contributed by atoms with E-state index in [4.69, 9.17) is 5.11 Å². The summed E-state index contributed by atoms with van der Waals surface area (Å²) in [4.78, 5) is 22.1. The Kier molecular flexibility index (Phi) is 4.17. The topological polar surface area (TPSA) is 122 Å². The fourth-order valence-electron chi connectivity index (χ4n) is 1.54.